The van der Waals surface area contributed by atoms with Crippen molar-refractivity contribution in [3.8, 4) is 0 Å². The van der Waals surface area contributed by atoms with E-state index in [9.17, 15) is 4.79 Å². The van der Waals surface area contributed by atoms with Crippen LogP contribution in [0.25, 0.3) is 0 Å². The molecule has 2 aromatic rings. The van der Waals surface area contributed by atoms with Crippen molar-refractivity contribution in [1.29, 1.82) is 0 Å². The number of hydrogen-bond acceptors (Lipinski definition) is 4. The second-order valence-electron chi connectivity index (χ2n) is 3.36. The molecule has 0 aliphatic rings. The summed E-state index contributed by atoms with van der Waals surface area (Å²) in [5.41, 5.74) is 0. The van der Waals surface area contributed by atoms with Gasteiger partial charge in [-0.15, -0.1) is 0 Å². The fourth-order valence-electron chi connectivity index (χ4n) is 1.27. The molecular weight excluding hydrogens is 288 g/mol. The zero-order valence-electron chi connectivity index (χ0n) is 9.20. The Labute approximate surface area is 106 Å². The number of nitrogens with one attached hydrogen (secondary N) is 1. The Kier molecular flexibility index (Phi) is 3.63. The molecule has 2 heterocycles. The minimum absolute atomic E-state index is 0.247. The second-order valence-corrected chi connectivity index (χ2v) is 4.14. The van der Waals surface area contributed by atoms with Gasteiger partial charge >= 0.3 is 0 Å². The Morgan fingerprint density at radius 2 is 2.29 bits per heavy atom. The largest absolute Gasteiger partial charge is 0.444 e. The summed E-state index contributed by atoms with van der Waals surface area (Å²) in [4.78, 5) is 15.6. The fraction of sp³-hybridized carbons (Fsp3) is 0.273. The molecule has 17 heavy (non-hydrogen) atoms. The molecule has 0 spiro atoms. The van der Waals surface area contributed by atoms with E-state index in [1.807, 2.05) is 6.92 Å². The van der Waals surface area contributed by atoms with Crippen LogP contribution in [0.3, 0.4) is 0 Å². The van der Waals surface area contributed by atoms with Crippen LogP contribution < -0.4 is 5.32 Å². The molecule has 0 bridgehead atoms. The smallest absolute Gasteiger partial charge is 0.287 e. The molecule has 0 atom stereocenters. The SMILES string of the molecule is CCc1cnc(CNC(=O)c2ccc(Br)o2)o1. The van der Waals surface area contributed by atoms with Crippen molar-refractivity contribution >= 4 is 21.8 Å². The van der Waals surface area contributed by atoms with E-state index in [1.165, 1.54) is 0 Å². The standard InChI is InChI=1S/C11H11BrN2O3/c1-2-7-5-13-10(16-7)6-14-11(15)8-3-4-9(12)17-8/h3-5H,2,6H2,1H3,(H,14,15). The van der Waals surface area contributed by atoms with Crippen molar-refractivity contribution < 1.29 is 13.6 Å². The average Bonchev–Trinajstić information content (AvgIpc) is 2.94. The summed E-state index contributed by atoms with van der Waals surface area (Å²) >= 11 is 3.13. The summed E-state index contributed by atoms with van der Waals surface area (Å²) in [5, 5.41) is 2.66. The summed E-state index contributed by atoms with van der Waals surface area (Å²) in [6.07, 6.45) is 2.44. The van der Waals surface area contributed by atoms with Crippen molar-refractivity contribution in [3.63, 3.8) is 0 Å². The summed E-state index contributed by atoms with van der Waals surface area (Å²) in [5.74, 6) is 1.24. The lowest BCUT2D eigenvalue weighted by Gasteiger charge is -1.98. The first kappa shape index (κ1) is 11.9. The molecule has 2 rings (SSSR count). The summed E-state index contributed by atoms with van der Waals surface area (Å²) in [6.45, 7) is 2.22. The highest BCUT2D eigenvalue weighted by atomic mass is 79.9. The number of aryl methyl sites for hydroxylation is 1. The van der Waals surface area contributed by atoms with Gasteiger partial charge in [0.1, 0.15) is 5.76 Å². The first-order valence-electron chi connectivity index (χ1n) is 5.16. The third-order valence-corrected chi connectivity index (χ3v) is 2.57. The minimum Gasteiger partial charge on any atom is -0.444 e. The molecule has 0 unspecified atom stereocenters. The quantitative estimate of drug-likeness (QED) is 0.942. The maximum Gasteiger partial charge on any atom is 0.287 e. The average molecular weight is 299 g/mol. The Hall–Kier alpha value is -1.56. The number of amides is 1. The highest BCUT2D eigenvalue weighted by Gasteiger charge is 2.11. The highest BCUT2D eigenvalue weighted by Crippen LogP contribution is 2.13. The van der Waals surface area contributed by atoms with E-state index < -0.39 is 0 Å². The predicted molar refractivity (Wildman–Crippen MR) is 63.5 cm³/mol. The van der Waals surface area contributed by atoms with E-state index in [0.29, 0.717) is 10.6 Å². The molecule has 1 amide bonds. The van der Waals surface area contributed by atoms with Crippen LogP contribution in [-0.4, -0.2) is 10.9 Å². The molecule has 5 nitrogen and oxygen atoms in total. The Morgan fingerprint density at radius 1 is 1.47 bits per heavy atom. The Balaban J connectivity index is 1.92. The van der Waals surface area contributed by atoms with Gasteiger partial charge in [0.05, 0.1) is 12.7 Å². The molecule has 0 saturated heterocycles. The van der Waals surface area contributed by atoms with Crippen LogP contribution in [0.4, 0.5) is 0 Å². The van der Waals surface area contributed by atoms with Gasteiger partial charge in [0.2, 0.25) is 5.89 Å². The molecule has 2 aromatic heterocycles. The van der Waals surface area contributed by atoms with Crippen LogP contribution in [-0.2, 0) is 13.0 Å². The van der Waals surface area contributed by atoms with E-state index in [1.54, 1.807) is 18.3 Å². The van der Waals surface area contributed by atoms with Crippen LogP contribution in [0.2, 0.25) is 0 Å². The second kappa shape index (κ2) is 5.18. The van der Waals surface area contributed by atoms with Gasteiger partial charge in [-0.2, -0.15) is 0 Å². The summed E-state index contributed by atoms with van der Waals surface area (Å²) < 4.78 is 11.0. The number of carbonyl (C=O) groups excluding carboxylic acids is 1. The molecule has 0 aromatic carbocycles. The van der Waals surface area contributed by atoms with Crippen molar-refractivity contribution in [1.82, 2.24) is 10.3 Å². The van der Waals surface area contributed by atoms with Gasteiger partial charge in [-0.1, -0.05) is 6.92 Å². The molecule has 0 radical (unpaired) electrons. The maximum absolute atomic E-state index is 11.6. The van der Waals surface area contributed by atoms with Crippen LogP contribution in [0.15, 0.2) is 31.8 Å². The van der Waals surface area contributed by atoms with Gasteiger partial charge in [0.25, 0.3) is 5.91 Å². The maximum atomic E-state index is 11.6. The van der Waals surface area contributed by atoms with E-state index in [4.69, 9.17) is 8.83 Å². The molecule has 0 aliphatic heterocycles. The zero-order valence-corrected chi connectivity index (χ0v) is 10.8. The Morgan fingerprint density at radius 3 is 2.88 bits per heavy atom. The van der Waals surface area contributed by atoms with Crippen LogP contribution in [0, 0.1) is 0 Å². The van der Waals surface area contributed by atoms with E-state index in [2.05, 4.69) is 26.2 Å². The number of hydrogen-bond donors (Lipinski definition) is 1. The van der Waals surface area contributed by atoms with Crippen molar-refractivity contribution in [2.45, 2.75) is 19.9 Å². The van der Waals surface area contributed by atoms with Gasteiger partial charge < -0.3 is 14.2 Å². The molecule has 0 saturated carbocycles. The van der Waals surface area contributed by atoms with Gasteiger partial charge in [-0.25, -0.2) is 4.98 Å². The normalized spacial score (nSPS) is 10.5. The molecule has 90 valence electrons. The lowest BCUT2D eigenvalue weighted by molar-refractivity contribution is 0.0918. The van der Waals surface area contributed by atoms with E-state index in [-0.39, 0.29) is 18.2 Å². The minimum atomic E-state index is -0.299. The van der Waals surface area contributed by atoms with Gasteiger partial charge in [-0.3, -0.25) is 4.79 Å². The topological polar surface area (TPSA) is 68.3 Å². The molecular formula is C11H11BrN2O3. The van der Waals surface area contributed by atoms with Crippen molar-refractivity contribution in [3.05, 3.63) is 40.4 Å². The third kappa shape index (κ3) is 2.97. The van der Waals surface area contributed by atoms with Crippen molar-refractivity contribution in [2.24, 2.45) is 0 Å². The van der Waals surface area contributed by atoms with Gasteiger partial charge in [-0.05, 0) is 28.1 Å². The highest BCUT2D eigenvalue weighted by molar-refractivity contribution is 9.10. The number of aromatic nitrogens is 1. The Bertz CT molecular complexity index is 518. The first-order valence-corrected chi connectivity index (χ1v) is 5.95. The zero-order chi connectivity index (χ0) is 12.3. The summed E-state index contributed by atoms with van der Waals surface area (Å²) in [7, 11) is 0. The van der Waals surface area contributed by atoms with Gasteiger partial charge in [0, 0.05) is 6.42 Å². The first-order chi connectivity index (χ1) is 8.19. The number of nitrogens with zero attached hydrogens (tertiary/aromatic N) is 1. The lowest BCUT2D eigenvalue weighted by atomic mass is 10.4. The van der Waals surface area contributed by atoms with Crippen molar-refractivity contribution in [2.75, 3.05) is 0 Å². The van der Waals surface area contributed by atoms with Gasteiger partial charge in [0.15, 0.2) is 10.4 Å². The van der Waals surface area contributed by atoms with E-state index >= 15 is 0 Å². The lowest BCUT2D eigenvalue weighted by Crippen LogP contribution is -2.22. The van der Waals surface area contributed by atoms with Crippen LogP contribution >= 0.6 is 15.9 Å². The van der Waals surface area contributed by atoms with Crippen LogP contribution in [0.1, 0.15) is 29.1 Å². The third-order valence-electron chi connectivity index (χ3n) is 2.15. The number of oxazole rings is 1. The fourth-order valence-corrected chi connectivity index (χ4v) is 1.58. The van der Waals surface area contributed by atoms with E-state index in [0.717, 1.165) is 12.2 Å². The van der Waals surface area contributed by atoms with Crippen LogP contribution in [0.5, 0.6) is 0 Å². The number of halogens is 1. The molecule has 0 aliphatic carbocycles. The summed E-state index contributed by atoms with van der Waals surface area (Å²) in [6, 6.07) is 3.25. The molecule has 1 N–H and O–H groups in total. The number of carbonyl (C=O) groups is 1. The molecule has 6 heteroatoms. The number of furan rings is 1. The molecule has 0 fully saturated rings. The number of rotatable bonds is 4. The monoisotopic (exact) mass is 298 g/mol. The predicted octanol–water partition coefficient (Wildman–Crippen LogP) is 2.52.